The van der Waals surface area contributed by atoms with Crippen LogP contribution in [0, 0.1) is 0 Å². The number of benzene rings is 4. The van der Waals surface area contributed by atoms with E-state index in [1.54, 1.807) is 0 Å². The molecule has 0 fully saturated rings. The van der Waals surface area contributed by atoms with E-state index in [1.165, 1.54) is 48.5 Å². The van der Waals surface area contributed by atoms with Crippen LogP contribution in [0.1, 0.15) is 22.3 Å². The summed E-state index contributed by atoms with van der Waals surface area (Å²) in [4.78, 5) is -2.62. The first-order chi connectivity index (χ1) is 22.3. The molecule has 16 nitrogen and oxygen atoms in total. The van der Waals surface area contributed by atoms with Gasteiger partial charge in [-0.1, -0.05) is 48.6 Å². The molecule has 4 aromatic rings. The summed E-state index contributed by atoms with van der Waals surface area (Å²) in [5.74, 6) is 0. The molecule has 248 valence electrons. The second-order valence-electron chi connectivity index (χ2n) is 9.86. The average molecular weight is 756 g/mol. The number of hydrogen-bond donors (Lipinski definition) is 4. The van der Waals surface area contributed by atoms with E-state index in [0.29, 0.717) is 0 Å². The van der Waals surface area contributed by atoms with Crippen LogP contribution >= 0.6 is 0 Å². The van der Waals surface area contributed by atoms with Crippen LogP contribution in [-0.4, -0.2) is 51.9 Å². The first kappa shape index (κ1) is 38.0. The van der Waals surface area contributed by atoms with E-state index in [4.69, 9.17) is 0 Å². The molecule has 0 unspecified atom stereocenters. The molecule has 0 amide bonds. The van der Waals surface area contributed by atoms with E-state index in [-0.39, 0.29) is 74.6 Å². The van der Waals surface area contributed by atoms with Gasteiger partial charge in [-0.3, -0.25) is 18.2 Å². The van der Waals surface area contributed by atoms with Gasteiger partial charge >= 0.3 is 29.6 Å². The summed E-state index contributed by atoms with van der Waals surface area (Å²) in [6.07, 6.45) is 4.54. The Morgan fingerprint density at radius 1 is 0.347 bits per heavy atom. The van der Waals surface area contributed by atoms with E-state index >= 15 is 0 Å². The van der Waals surface area contributed by atoms with Gasteiger partial charge < -0.3 is 0 Å². The zero-order valence-corrected chi connectivity index (χ0v) is 30.0. The maximum absolute atomic E-state index is 12.2. The molecule has 8 bridgehead atoms. The fraction of sp³-hybridized carbons (Fsp3) is 0. The molecule has 4 aromatic carbocycles. The summed E-state index contributed by atoms with van der Waals surface area (Å²) in [7, 11) is -19.5. The Bertz CT molecular complexity index is 2220. The van der Waals surface area contributed by atoms with E-state index in [2.05, 4.69) is 20.5 Å². The molecule has 14 rings (SSSR count). The van der Waals surface area contributed by atoms with E-state index in [0.717, 1.165) is 48.6 Å². The molecule has 0 atom stereocenters. The molecular weight excluding hydrogens is 736 g/mol. The van der Waals surface area contributed by atoms with Crippen molar-refractivity contribution in [1.82, 2.24) is 0 Å². The Hall–Kier alpha value is -3.80. The maximum atomic E-state index is 12.2. The van der Waals surface area contributed by atoms with Gasteiger partial charge in [0.05, 0.1) is 22.7 Å². The predicted octanol–water partition coefficient (Wildman–Crippen LogP) is 3.16. The summed E-state index contributed by atoms with van der Waals surface area (Å²) < 4.78 is 137. The Kier molecular flexibility index (Phi) is 11.0. The van der Waals surface area contributed by atoms with Gasteiger partial charge in [-0.15, -0.1) is 0 Å². The second kappa shape index (κ2) is 14.2. The Labute approximate surface area is 301 Å². The van der Waals surface area contributed by atoms with E-state index in [9.17, 15) is 51.9 Å². The molecule has 49 heavy (non-hydrogen) atoms. The van der Waals surface area contributed by atoms with Crippen LogP contribution in [0.5, 0.6) is 0 Å². The fourth-order valence-corrected chi connectivity index (χ4v) is 7.19. The van der Waals surface area contributed by atoms with Crippen molar-refractivity contribution in [3.05, 3.63) is 95.1 Å². The van der Waals surface area contributed by atoms with Crippen LogP contribution in [-0.2, 0) is 40.5 Å². The van der Waals surface area contributed by atoms with Gasteiger partial charge in [-0.25, -0.2) is 0 Å². The molecular formula is C28H20N4NaO12S4+. The SMILES string of the molecule is O=S(=O)(O)c1cc2ccc1/C=C\c1ccc(cc1S(=O)(=O)O)N=Nc1ccc(c(S(=O)(=O)O)c1)/C=C\c1ccc(cc1S(=O)(=O)O)N=N2.[Na+]. The third kappa shape index (κ3) is 9.26. The zero-order chi connectivity index (χ0) is 35.1. The predicted molar refractivity (Wildman–Crippen MR) is 171 cm³/mol. The molecule has 0 saturated carbocycles. The average Bonchev–Trinajstić information content (AvgIpc) is 2.99. The van der Waals surface area contributed by atoms with Crippen LogP contribution in [0.3, 0.4) is 0 Å². The summed E-state index contributed by atoms with van der Waals surface area (Å²) in [5.41, 5.74) is -1.00. The Morgan fingerprint density at radius 2 is 0.531 bits per heavy atom. The molecule has 10 aliphatic heterocycles. The van der Waals surface area contributed by atoms with Gasteiger partial charge in [0, 0.05) is 0 Å². The molecule has 10 heterocycles. The number of nitrogens with zero attached hydrogens (tertiary/aromatic N) is 4. The van der Waals surface area contributed by atoms with Crippen molar-refractivity contribution in [3.8, 4) is 0 Å². The summed E-state index contributed by atoms with van der Waals surface area (Å²) in [5, 5.41) is 15.5. The molecule has 0 saturated heterocycles. The van der Waals surface area contributed by atoms with Gasteiger partial charge in [-0.05, 0) is 70.8 Å². The molecule has 21 heteroatoms. The standard InChI is InChI=1S/C28H20N4O12S4.Na/c33-45(34,35)25-13-21-9-5-17(25)1-2-18-6-10-22(14-26(18)46(36,37)38)30-32-24-12-8-20(28(16-24)48(42,43)44)4-3-19-7-11-23(31-29-21)15-27(19)47(39,40)41;/h1-16H,(H,33,34,35)(H,36,37,38)(H,39,40,41)(H,42,43,44);/q;+1/b2-1-,4-3-,17-1?,18-2?,19-3?,20-4?,29-21?,30-22?,31-23?,31-29?,32-24?,32-30?;. The summed E-state index contributed by atoms with van der Waals surface area (Å²) in [6.45, 7) is 0. The van der Waals surface area contributed by atoms with Crippen molar-refractivity contribution < 1.29 is 81.4 Å². The Balaban J connectivity index is 0.00000541. The van der Waals surface area contributed by atoms with Crippen molar-refractivity contribution in [2.45, 2.75) is 19.6 Å². The normalized spacial score (nSPS) is 14.8. The third-order valence-electron chi connectivity index (χ3n) is 6.55. The van der Waals surface area contributed by atoms with Crippen molar-refractivity contribution in [3.63, 3.8) is 0 Å². The topological polar surface area (TPSA) is 267 Å². The smallest absolute Gasteiger partial charge is 0.282 e. The second-order valence-corrected chi connectivity index (χ2v) is 15.4. The number of rotatable bonds is 4. The molecule has 0 radical (unpaired) electrons. The number of azo groups is 2. The van der Waals surface area contributed by atoms with Crippen LogP contribution < -0.4 is 29.6 Å². The molecule has 0 spiro atoms. The molecule has 0 aromatic heterocycles. The summed E-state index contributed by atoms with van der Waals surface area (Å²) >= 11 is 0. The molecule has 4 N–H and O–H groups in total. The first-order valence-corrected chi connectivity index (χ1v) is 18.7. The van der Waals surface area contributed by atoms with Crippen LogP contribution in [0.2, 0.25) is 0 Å². The van der Waals surface area contributed by atoms with E-state index < -0.39 is 60.1 Å². The third-order valence-corrected chi connectivity index (χ3v) is 10.2. The van der Waals surface area contributed by atoms with Crippen molar-refractivity contribution in [2.24, 2.45) is 20.5 Å². The van der Waals surface area contributed by atoms with Crippen LogP contribution in [0.15, 0.2) is 113 Å². The quantitative estimate of drug-likeness (QED) is 0.152. The minimum Gasteiger partial charge on any atom is -0.282 e. The summed E-state index contributed by atoms with van der Waals surface area (Å²) in [6, 6.07) is 13.7. The van der Waals surface area contributed by atoms with Crippen molar-refractivity contribution in [1.29, 1.82) is 0 Å². The van der Waals surface area contributed by atoms with Gasteiger partial charge in [0.1, 0.15) is 19.6 Å². The zero-order valence-electron chi connectivity index (χ0n) is 24.7. The van der Waals surface area contributed by atoms with Crippen LogP contribution in [0.25, 0.3) is 24.3 Å². The van der Waals surface area contributed by atoms with Crippen molar-refractivity contribution >= 4 is 87.5 Å². The fourth-order valence-electron chi connectivity index (χ4n) is 4.38. The minimum absolute atomic E-state index is 0. The van der Waals surface area contributed by atoms with Crippen molar-refractivity contribution in [2.75, 3.05) is 0 Å². The van der Waals surface area contributed by atoms with Crippen LogP contribution in [0.4, 0.5) is 22.7 Å². The molecule has 0 aliphatic carbocycles. The molecule has 10 aliphatic rings. The van der Waals surface area contributed by atoms with Gasteiger partial charge in [-0.2, -0.15) is 54.1 Å². The van der Waals surface area contributed by atoms with E-state index in [1.807, 2.05) is 0 Å². The van der Waals surface area contributed by atoms with Gasteiger partial charge in [0.25, 0.3) is 40.5 Å². The Morgan fingerprint density at radius 3 is 0.694 bits per heavy atom. The van der Waals surface area contributed by atoms with Gasteiger partial charge in [0.2, 0.25) is 0 Å². The first-order valence-electron chi connectivity index (χ1n) is 12.9. The van der Waals surface area contributed by atoms with Gasteiger partial charge in [0.15, 0.2) is 0 Å². The monoisotopic (exact) mass is 755 g/mol. The number of hydrogen-bond acceptors (Lipinski definition) is 12. The largest absolute Gasteiger partial charge is 1.00 e. The maximum Gasteiger partial charge on any atom is 1.00 e. The minimum atomic E-state index is -4.89.